The van der Waals surface area contributed by atoms with Gasteiger partial charge in [0.05, 0.1) is 11.3 Å². The number of amides is 2. The number of hydrogen-bond acceptors (Lipinski definition) is 3. The number of nitrogens with zero attached hydrogens (tertiary/aromatic N) is 1. The molecular formula is C23H20N2O3. The van der Waals surface area contributed by atoms with E-state index < -0.39 is 0 Å². The van der Waals surface area contributed by atoms with Crippen molar-refractivity contribution in [2.75, 3.05) is 17.3 Å². The molecule has 5 nitrogen and oxygen atoms in total. The van der Waals surface area contributed by atoms with Crippen LogP contribution in [0.4, 0.5) is 11.4 Å². The van der Waals surface area contributed by atoms with Crippen LogP contribution in [0.25, 0.3) is 0 Å². The summed E-state index contributed by atoms with van der Waals surface area (Å²) in [6, 6.07) is 18.2. The minimum absolute atomic E-state index is 0.189. The Bertz CT molecular complexity index is 1100. The molecule has 28 heavy (non-hydrogen) atoms. The number of ether oxygens (including phenoxy) is 1. The summed E-state index contributed by atoms with van der Waals surface area (Å²) in [6.45, 7) is 3.90. The normalized spacial score (nSPS) is 12.5. The average Bonchev–Trinajstić information content (AvgIpc) is 2.78. The van der Waals surface area contributed by atoms with Crippen LogP contribution >= 0.6 is 0 Å². The molecule has 0 bridgehead atoms. The highest BCUT2D eigenvalue weighted by Gasteiger charge is 2.26. The summed E-state index contributed by atoms with van der Waals surface area (Å²) in [5.74, 6) is 0.675. The van der Waals surface area contributed by atoms with E-state index in [2.05, 4.69) is 5.32 Å². The fraction of sp³-hybridized carbons (Fsp3) is 0.130. The van der Waals surface area contributed by atoms with Gasteiger partial charge in [0.1, 0.15) is 5.75 Å². The van der Waals surface area contributed by atoms with Gasteiger partial charge in [0, 0.05) is 18.3 Å². The summed E-state index contributed by atoms with van der Waals surface area (Å²) in [6.07, 6.45) is 0. The molecule has 3 aromatic rings. The monoisotopic (exact) mass is 372 g/mol. The van der Waals surface area contributed by atoms with Crippen molar-refractivity contribution >= 4 is 23.2 Å². The van der Waals surface area contributed by atoms with Crippen molar-refractivity contribution in [2.24, 2.45) is 0 Å². The molecule has 0 unspecified atom stereocenters. The number of anilines is 2. The van der Waals surface area contributed by atoms with Crippen LogP contribution in [0.2, 0.25) is 0 Å². The Morgan fingerprint density at radius 2 is 1.68 bits per heavy atom. The van der Waals surface area contributed by atoms with E-state index in [4.69, 9.17) is 4.74 Å². The van der Waals surface area contributed by atoms with Crippen LogP contribution in [0.1, 0.15) is 31.8 Å². The SMILES string of the molecule is Cc1cccc(C(=O)Nc2ccc3c(c2)C(=O)N(C)c2cc(C)ccc2O3)c1. The highest BCUT2D eigenvalue weighted by atomic mass is 16.5. The van der Waals surface area contributed by atoms with Crippen LogP contribution in [0.5, 0.6) is 11.5 Å². The van der Waals surface area contributed by atoms with E-state index in [1.165, 1.54) is 0 Å². The summed E-state index contributed by atoms with van der Waals surface area (Å²) in [5.41, 5.74) is 4.27. The molecule has 1 aliphatic heterocycles. The molecule has 0 saturated heterocycles. The molecule has 3 aromatic carbocycles. The number of hydrogen-bond donors (Lipinski definition) is 1. The van der Waals surface area contributed by atoms with E-state index in [-0.39, 0.29) is 11.8 Å². The molecule has 2 amide bonds. The molecular weight excluding hydrogens is 352 g/mol. The van der Waals surface area contributed by atoms with Gasteiger partial charge in [0.25, 0.3) is 11.8 Å². The Morgan fingerprint density at radius 3 is 2.46 bits per heavy atom. The predicted octanol–water partition coefficient (Wildman–Crippen LogP) is 4.94. The lowest BCUT2D eigenvalue weighted by molar-refractivity contribution is 0.0990. The maximum atomic E-state index is 13.0. The number of fused-ring (bicyclic) bond motifs is 2. The van der Waals surface area contributed by atoms with Gasteiger partial charge in [0.2, 0.25) is 0 Å². The minimum Gasteiger partial charge on any atom is -0.454 e. The van der Waals surface area contributed by atoms with Crippen molar-refractivity contribution in [2.45, 2.75) is 13.8 Å². The lowest BCUT2D eigenvalue weighted by atomic mass is 10.1. The fourth-order valence-corrected chi connectivity index (χ4v) is 3.24. The summed E-state index contributed by atoms with van der Waals surface area (Å²) < 4.78 is 5.98. The molecule has 0 aliphatic carbocycles. The predicted molar refractivity (Wildman–Crippen MR) is 110 cm³/mol. The van der Waals surface area contributed by atoms with Gasteiger partial charge in [-0.2, -0.15) is 0 Å². The first-order chi connectivity index (χ1) is 13.4. The second-order valence-corrected chi connectivity index (χ2v) is 6.97. The van der Waals surface area contributed by atoms with E-state index in [0.29, 0.717) is 34.0 Å². The molecule has 0 aromatic heterocycles. The van der Waals surface area contributed by atoms with Crippen LogP contribution in [-0.4, -0.2) is 18.9 Å². The van der Waals surface area contributed by atoms with Gasteiger partial charge in [-0.25, -0.2) is 0 Å². The van der Waals surface area contributed by atoms with Crippen molar-refractivity contribution in [1.82, 2.24) is 0 Å². The van der Waals surface area contributed by atoms with Crippen molar-refractivity contribution < 1.29 is 14.3 Å². The first-order valence-electron chi connectivity index (χ1n) is 9.01. The van der Waals surface area contributed by atoms with E-state index >= 15 is 0 Å². The quantitative estimate of drug-likeness (QED) is 0.693. The molecule has 5 heteroatoms. The van der Waals surface area contributed by atoms with Crippen molar-refractivity contribution in [1.29, 1.82) is 0 Å². The zero-order valence-corrected chi connectivity index (χ0v) is 15.9. The smallest absolute Gasteiger partial charge is 0.261 e. The van der Waals surface area contributed by atoms with Gasteiger partial charge in [-0.15, -0.1) is 0 Å². The number of nitrogens with one attached hydrogen (secondary N) is 1. The second kappa shape index (κ2) is 6.85. The third-order valence-electron chi connectivity index (χ3n) is 4.75. The molecule has 0 fully saturated rings. The molecule has 4 rings (SSSR count). The van der Waals surface area contributed by atoms with Gasteiger partial charge >= 0.3 is 0 Å². The first-order valence-corrected chi connectivity index (χ1v) is 9.01. The van der Waals surface area contributed by atoms with Crippen molar-refractivity contribution in [3.8, 4) is 11.5 Å². The zero-order valence-electron chi connectivity index (χ0n) is 15.9. The minimum atomic E-state index is -0.224. The zero-order chi connectivity index (χ0) is 19.8. The van der Waals surface area contributed by atoms with Gasteiger partial charge in [0.15, 0.2) is 5.75 Å². The number of carbonyl (C=O) groups is 2. The van der Waals surface area contributed by atoms with Gasteiger partial charge in [-0.3, -0.25) is 9.59 Å². The Labute approximate surface area is 163 Å². The highest BCUT2D eigenvalue weighted by molar-refractivity contribution is 6.11. The Balaban J connectivity index is 1.67. The summed E-state index contributed by atoms with van der Waals surface area (Å²) in [5, 5.41) is 2.86. The standard InChI is InChI=1S/C23H20N2O3/c1-14-5-4-6-16(11-14)22(26)24-17-8-10-20-18(13-17)23(27)25(3)19-12-15(2)7-9-21(19)28-20/h4-13H,1-3H3,(H,24,26). The van der Waals surface area contributed by atoms with E-state index in [9.17, 15) is 9.59 Å². The van der Waals surface area contributed by atoms with E-state index in [0.717, 1.165) is 11.1 Å². The van der Waals surface area contributed by atoms with Crippen LogP contribution < -0.4 is 15.0 Å². The molecule has 0 radical (unpaired) electrons. The summed E-state index contributed by atoms with van der Waals surface area (Å²) >= 11 is 0. The molecule has 1 aliphatic rings. The van der Waals surface area contributed by atoms with Crippen LogP contribution in [0.3, 0.4) is 0 Å². The van der Waals surface area contributed by atoms with Crippen molar-refractivity contribution in [3.63, 3.8) is 0 Å². The maximum Gasteiger partial charge on any atom is 0.261 e. The molecule has 140 valence electrons. The van der Waals surface area contributed by atoms with Crippen LogP contribution in [0, 0.1) is 13.8 Å². The van der Waals surface area contributed by atoms with Gasteiger partial charge < -0.3 is 15.0 Å². The lowest BCUT2D eigenvalue weighted by Crippen LogP contribution is -2.25. The largest absolute Gasteiger partial charge is 0.454 e. The average molecular weight is 372 g/mol. The van der Waals surface area contributed by atoms with Gasteiger partial charge in [-0.1, -0.05) is 23.8 Å². The number of aryl methyl sites for hydroxylation is 2. The summed E-state index contributed by atoms with van der Waals surface area (Å²) in [4.78, 5) is 27.1. The molecule has 0 atom stereocenters. The lowest BCUT2D eigenvalue weighted by Gasteiger charge is -2.16. The molecule has 1 N–H and O–H groups in total. The highest BCUT2D eigenvalue weighted by Crippen LogP contribution is 2.39. The van der Waals surface area contributed by atoms with Gasteiger partial charge in [-0.05, 0) is 61.9 Å². The number of carbonyl (C=O) groups excluding carboxylic acids is 2. The third-order valence-corrected chi connectivity index (χ3v) is 4.75. The van der Waals surface area contributed by atoms with Crippen molar-refractivity contribution in [3.05, 3.63) is 82.9 Å². The molecule has 0 spiro atoms. The van der Waals surface area contributed by atoms with Crippen LogP contribution in [0.15, 0.2) is 60.7 Å². The van der Waals surface area contributed by atoms with Crippen LogP contribution in [-0.2, 0) is 0 Å². The Kier molecular flexibility index (Phi) is 4.35. The molecule has 0 saturated carbocycles. The fourth-order valence-electron chi connectivity index (χ4n) is 3.24. The van der Waals surface area contributed by atoms with E-state index in [1.54, 1.807) is 36.2 Å². The Morgan fingerprint density at radius 1 is 0.929 bits per heavy atom. The van der Waals surface area contributed by atoms with E-state index in [1.807, 2.05) is 50.2 Å². The molecule has 1 heterocycles. The third kappa shape index (κ3) is 3.22. The second-order valence-electron chi connectivity index (χ2n) is 6.97. The maximum absolute atomic E-state index is 13.0. The topological polar surface area (TPSA) is 58.6 Å². The number of rotatable bonds is 2. The summed E-state index contributed by atoms with van der Waals surface area (Å²) in [7, 11) is 1.72. The first kappa shape index (κ1) is 17.8. The Hall–Kier alpha value is -3.60. The number of benzene rings is 3.